The zero-order valence-corrected chi connectivity index (χ0v) is 15.9. The van der Waals surface area contributed by atoms with E-state index in [1.165, 1.54) is 0 Å². The highest BCUT2D eigenvalue weighted by Crippen LogP contribution is 2.38. The van der Waals surface area contributed by atoms with Gasteiger partial charge < -0.3 is 23.8 Å². The van der Waals surface area contributed by atoms with Crippen molar-refractivity contribution in [2.75, 3.05) is 42.0 Å². The van der Waals surface area contributed by atoms with Crippen LogP contribution in [0.5, 0.6) is 23.0 Å². The van der Waals surface area contributed by atoms with E-state index in [1.807, 2.05) is 24.3 Å². The monoisotopic (exact) mass is 359 g/mol. The summed E-state index contributed by atoms with van der Waals surface area (Å²) in [5.41, 5.74) is 1.53. The van der Waals surface area contributed by atoms with E-state index in [1.54, 1.807) is 52.5 Å². The largest absolute Gasteiger partial charge is 0.496 e. The molecule has 0 aliphatic heterocycles. The van der Waals surface area contributed by atoms with E-state index >= 15 is 0 Å². The molecule has 0 aromatic heterocycles. The highest BCUT2D eigenvalue weighted by molar-refractivity contribution is 5.96. The number of likely N-dealkylation sites (N-methyl/N-ethyl adjacent to an activating group) is 1. The summed E-state index contributed by atoms with van der Waals surface area (Å²) in [6.45, 7) is 0.537. The van der Waals surface area contributed by atoms with Crippen LogP contribution in [0.1, 0.15) is 15.9 Å². The molecule has 0 spiro atoms. The Labute approximate surface area is 154 Å². The van der Waals surface area contributed by atoms with E-state index < -0.39 is 0 Å². The Morgan fingerprint density at radius 1 is 0.885 bits per heavy atom. The van der Waals surface area contributed by atoms with E-state index in [2.05, 4.69) is 0 Å². The lowest BCUT2D eigenvalue weighted by molar-refractivity contribution is 0.0793. The summed E-state index contributed by atoms with van der Waals surface area (Å²) < 4.78 is 21.3. The molecule has 6 heteroatoms. The van der Waals surface area contributed by atoms with Crippen LogP contribution in [0.4, 0.5) is 0 Å². The first-order valence-electron chi connectivity index (χ1n) is 8.23. The molecule has 0 aliphatic carbocycles. The van der Waals surface area contributed by atoms with Crippen molar-refractivity contribution in [3.8, 4) is 23.0 Å². The fourth-order valence-electron chi connectivity index (χ4n) is 2.71. The maximum Gasteiger partial charge on any atom is 0.257 e. The number of carbonyl (C=O) groups excluding carboxylic acids is 1. The Kier molecular flexibility index (Phi) is 6.72. The van der Waals surface area contributed by atoms with Gasteiger partial charge in [0.05, 0.1) is 34.0 Å². The van der Waals surface area contributed by atoms with Crippen LogP contribution in [0.15, 0.2) is 36.4 Å². The van der Waals surface area contributed by atoms with Gasteiger partial charge in [0.2, 0.25) is 5.75 Å². The fourth-order valence-corrected chi connectivity index (χ4v) is 2.71. The van der Waals surface area contributed by atoms with Crippen molar-refractivity contribution in [2.45, 2.75) is 6.42 Å². The van der Waals surface area contributed by atoms with Crippen LogP contribution in [-0.2, 0) is 6.42 Å². The van der Waals surface area contributed by atoms with E-state index in [0.717, 1.165) is 5.56 Å². The number of methoxy groups -OCH3 is 4. The van der Waals surface area contributed by atoms with Gasteiger partial charge in [-0.15, -0.1) is 0 Å². The summed E-state index contributed by atoms with van der Waals surface area (Å²) in [6, 6.07) is 11.0. The van der Waals surface area contributed by atoms with Crippen molar-refractivity contribution in [1.82, 2.24) is 4.90 Å². The van der Waals surface area contributed by atoms with Crippen LogP contribution >= 0.6 is 0 Å². The lowest BCUT2D eigenvalue weighted by Crippen LogP contribution is -2.29. The molecule has 0 aliphatic rings. The summed E-state index contributed by atoms with van der Waals surface area (Å²) in [4.78, 5) is 14.3. The molecule has 0 N–H and O–H groups in total. The van der Waals surface area contributed by atoms with Gasteiger partial charge >= 0.3 is 0 Å². The highest BCUT2D eigenvalue weighted by Gasteiger charge is 2.17. The van der Waals surface area contributed by atoms with E-state index in [-0.39, 0.29) is 5.91 Å². The van der Waals surface area contributed by atoms with Crippen LogP contribution in [0.3, 0.4) is 0 Å². The van der Waals surface area contributed by atoms with Gasteiger partial charge in [-0.3, -0.25) is 4.79 Å². The van der Waals surface area contributed by atoms with Crippen molar-refractivity contribution in [3.63, 3.8) is 0 Å². The lowest BCUT2D eigenvalue weighted by Gasteiger charge is -2.19. The minimum atomic E-state index is -0.0881. The Morgan fingerprint density at radius 3 is 2.00 bits per heavy atom. The van der Waals surface area contributed by atoms with Crippen molar-refractivity contribution in [3.05, 3.63) is 47.5 Å². The van der Waals surface area contributed by atoms with Crippen LogP contribution in [0.2, 0.25) is 0 Å². The molecule has 0 bridgehead atoms. The molecule has 2 rings (SSSR count). The standard InChI is InChI=1S/C20H25NO5/c1-21(20(22)15-8-6-7-9-16(15)23-2)11-10-14-12-17(24-3)19(26-5)18(13-14)25-4/h6-9,12-13H,10-11H2,1-5H3. The van der Waals surface area contributed by atoms with Crippen molar-refractivity contribution in [2.24, 2.45) is 0 Å². The number of nitrogens with zero attached hydrogens (tertiary/aromatic N) is 1. The second kappa shape index (κ2) is 8.99. The third-order valence-electron chi connectivity index (χ3n) is 4.14. The van der Waals surface area contributed by atoms with E-state index in [9.17, 15) is 4.79 Å². The first kappa shape index (κ1) is 19.4. The molecule has 1 amide bonds. The van der Waals surface area contributed by atoms with Gasteiger partial charge in [0.15, 0.2) is 11.5 Å². The molecule has 2 aromatic rings. The number of hydrogen-bond donors (Lipinski definition) is 0. The molecule has 0 radical (unpaired) electrons. The topological polar surface area (TPSA) is 57.2 Å². The van der Waals surface area contributed by atoms with Gasteiger partial charge in [0, 0.05) is 13.6 Å². The maximum absolute atomic E-state index is 12.7. The summed E-state index contributed by atoms with van der Waals surface area (Å²) in [5, 5.41) is 0. The molecular formula is C20H25NO5. The maximum atomic E-state index is 12.7. The number of rotatable bonds is 8. The second-order valence-corrected chi connectivity index (χ2v) is 5.71. The lowest BCUT2D eigenvalue weighted by atomic mass is 10.1. The number of benzene rings is 2. The molecule has 26 heavy (non-hydrogen) atoms. The van der Waals surface area contributed by atoms with Crippen LogP contribution in [0.25, 0.3) is 0 Å². The first-order valence-corrected chi connectivity index (χ1v) is 8.23. The second-order valence-electron chi connectivity index (χ2n) is 5.71. The number of hydrogen-bond acceptors (Lipinski definition) is 5. The first-order chi connectivity index (χ1) is 12.5. The molecule has 2 aromatic carbocycles. The molecule has 0 saturated heterocycles. The van der Waals surface area contributed by atoms with Crippen molar-refractivity contribution >= 4 is 5.91 Å². The molecule has 0 atom stereocenters. The summed E-state index contributed by atoms with van der Waals surface area (Å²) in [6.07, 6.45) is 0.647. The number of para-hydroxylation sites is 1. The van der Waals surface area contributed by atoms with Gasteiger partial charge in [0.1, 0.15) is 5.75 Å². The van der Waals surface area contributed by atoms with Gasteiger partial charge in [-0.25, -0.2) is 0 Å². The molecule has 140 valence electrons. The molecule has 0 fully saturated rings. The van der Waals surface area contributed by atoms with Crippen molar-refractivity contribution < 1.29 is 23.7 Å². The number of amides is 1. The third kappa shape index (κ3) is 4.20. The fraction of sp³-hybridized carbons (Fsp3) is 0.350. The quantitative estimate of drug-likeness (QED) is 0.725. The van der Waals surface area contributed by atoms with Crippen LogP contribution < -0.4 is 18.9 Å². The van der Waals surface area contributed by atoms with E-state index in [4.69, 9.17) is 18.9 Å². The normalized spacial score (nSPS) is 10.2. The Hall–Kier alpha value is -2.89. The Morgan fingerprint density at radius 2 is 1.46 bits per heavy atom. The minimum absolute atomic E-state index is 0.0881. The van der Waals surface area contributed by atoms with Gasteiger partial charge in [0.25, 0.3) is 5.91 Å². The third-order valence-corrected chi connectivity index (χ3v) is 4.14. The summed E-state index contributed by atoms with van der Waals surface area (Å²) in [5.74, 6) is 2.23. The van der Waals surface area contributed by atoms with Gasteiger partial charge in [-0.2, -0.15) is 0 Å². The Bertz CT molecular complexity index is 735. The molecular weight excluding hydrogens is 334 g/mol. The zero-order valence-electron chi connectivity index (χ0n) is 15.9. The molecule has 0 heterocycles. The summed E-state index contributed by atoms with van der Waals surface area (Å²) >= 11 is 0. The summed E-state index contributed by atoms with van der Waals surface area (Å²) in [7, 11) is 8.06. The zero-order chi connectivity index (χ0) is 19.1. The number of carbonyl (C=O) groups is 1. The van der Waals surface area contributed by atoms with Crippen molar-refractivity contribution in [1.29, 1.82) is 0 Å². The minimum Gasteiger partial charge on any atom is -0.496 e. The molecule has 0 saturated carbocycles. The molecule has 6 nitrogen and oxygen atoms in total. The average molecular weight is 359 g/mol. The van der Waals surface area contributed by atoms with Gasteiger partial charge in [-0.05, 0) is 36.2 Å². The average Bonchev–Trinajstić information content (AvgIpc) is 2.70. The van der Waals surface area contributed by atoms with Crippen LogP contribution in [-0.4, -0.2) is 52.8 Å². The highest BCUT2D eigenvalue weighted by atomic mass is 16.5. The van der Waals surface area contributed by atoms with Crippen LogP contribution in [0, 0.1) is 0 Å². The molecule has 0 unspecified atom stereocenters. The predicted octanol–water partition coefficient (Wildman–Crippen LogP) is 3.04. The van der Waals surface area contributed by atoms with Gasteiger partial charge in [-0.1, -0.05) is 12.1 Å². The SMILES string of the molecule is COc1ccccc1C(=O)N(C)CCc1cc(OC)c(OC)c(OC)c1. The number of ether oxygens (including phenoxy) is 4. The predicted molar refractivity (Wildman–Crippen MR) is 99.8 cm³/mol. The smallest absolute Gasteiger partial charge is 0.257 e. The Balaban J connectivity index is 2.14. The van der Waals surface area contributed by atoms with E-state index in [0.29, 0.717) is 41.5 Å².